The lowest BCUT2D eigenvalue weighted by molar-refractivity contribution is 0.0561. The number of benzene rings is 1. The minimum atomic E-state index is -1.06. The summed E-state index contributed by atoms with van der Waals surface area (Å²) in [6.07, 6.45) is -1.75. The zero-order chi connectivity index (χ0) is 18.4. The number of amides is 2. The highest BCUT2D eigenvalue weighted by Crippen LogP contribution is 2.36. The minimum Gasteiger partial charge on any atom is -0.493 e. The first-order chi connectivity index (χ1) is 12.0. The fourth-order valence-corrected chi connectivity index (χ4v) is 2.80. The van der Waals surface area contributed by atoms with Crippen LogP contribution in [0.25, 0.3) is 0 Å². The number of piperazine rings is 1. The highest BCUT2D eigenvalue weighted by molar-refractivity contribution is 5.68. The van der Waals surface area contributed by atoms with Gasteiger partial charge >= 0.3 is 12.2 Å². The molecule has 2 amide bonds. The van der Waals surface area contributed by atoms with Crippen LogP contribution in [0.2, 0.25) is 0 Å². The zero-order valence-corrected chi connectivity index (χ0v) is 14.2. The molecule has 0 spiro atoms. The molecular weight excluding hydrogens is 332 g/mol. The van der Waals surface area contributed by atoms with Gasteiger partial charge in [-0.05, 0) is 12.1 Å². The molecule has 0 aromatic heterocycles. The molecule has 1 atom stereocenters. The average molecular weight is 354 g/mol. The van der Waals surface area contributed by atoms with Crippen LogP contribution in [0.3, 0.4) is 0 Å². The van der Waals surface area contributed by atoms with Crippen molar-refractivity contribution in [3.8, 4) is 17.2 Å². The van der Waals surface area contributed by atoms with Crippen LogP contribution in [-0.2, 0) is 0 Å². The molecule has 9 nitrogen and oxygen atoms in total. The summed E-state index contributed by atoms with van der Waals surface area (Å²) in [5.74, 6) is 1.47. The predicted octanol–water partition coefficient (Wildman–Crippen LogP) is 1.81. The predicted molar refractivity (Wildman–Crippen MR) is 87.8 cm³/mol. The second-order valence-corrected chi connectivity index (χ2v) is 5.49. The maximum atomic E-state index is 11.3. The van der Waals surface area contributed by atoms with E-state index in [1.807, 2.05) is 0 Å². The fourth-order valence-electron chi connectivity index (χ4n) is 2.80. The highest BCUT2D eigenvalue weighted by atomic mass is 16.5. The summed E-state index contributed by atoms with van der Waals surface area (Å²) in [7, 11) is 3.03. The van der Waals surface area contributed by atoms with E-state index < -0.39 is 18.2 Å². The van der Waals surface area contributed by atoms with Gasteiger partial charge in [-0.2, -0.15) is 0 Å². The lowest BCUT2D eigenvalue weighted by atomic mass is 10.1. The molecule has 0 radical (unpaired) electrons. The van der Waals surface area contributed by atoms with Gasteiger partial charge < -0.3 is 34.2 Å². The normalized spacial score (nSPS) is 17.1. The van der Waals surface area contributed by atoms with Crippen LogP contribution in [0.15, 0.2) is 18.2 Å². The van der Waals surface area contributed by atoms with E-state index in [0.29, 0.717) is 23.7 Å². The van der Waals surface area contributed by atoms with Gasteiger partial charge in [-0.1, -0.05) is 6.07 Å². The second-order valence-electron chi connectivity index (χ2n) is 5.49. The molecule has 25 heavy (non-hydrogen) atoms. The summed E-state index contributed by atoms with van der Waals surface area (Å²) >= 11 is 0. The SMILES string of the molecule is COc1cccc(OCC[C@@H]2CN(C(=O)O)CCN2C(=O)O)c1OC. The van der Waals surface area contributed by atoms with Crippen molar-refractivity contribution >= 4 is 12.2 Å². The van der Waals surface area contributed by atoms with Crippen molar-refractivity contribution in [2.45, 2.75) is 12.5 Å². The van der Waals surface area contributed by atoms with Gasteiger partial charge in [-0.3, -0.25) is 0 Å². The van der Waals surface area contributed by atoms with E-state index in [4.69, 9.17) is 19.3 Å². The number of nitrogens with zero attached hydrogens (tertiary/aromatic N) is 2. The molecule has 1 heterocycles. The van der Waals surface area contributed by atoms with Crippen LogP contribution in [0.1, 0.15) is 6.42 Å². The van der Waals surface area contributed by atoms with Crippen molar-refractivity contribution in [2.75, 3.05) is 40.5 Å². The van der Waals surface area contributed by atoms with Gasteiger partial charge in [0.2, 0.25) is 5.75 Å². The first-order valence-corrected chi connectivity index (χ1v) is 7.79. The van der Waals surface area contributed by atoms with Gasteiger partial charge in [0, 0.05) is 26.1 Å². The minimum absolute atomic E-state index is 0.125. The number of para-hydroxylation sites is 1. The number of hydrogen-bond acceptors (Lipinski definition) is 5. The highest BCUT2D eigenvalue weighted by Gasteiger charge is 2.32. The zero-order valence-electron chi connectivity index (χ0n) is 14.2. The number of hydrogen-bond donors (Lipinski definition) is 2. The first-order valence-electron chi connectivity index (χ1n) is 7.79. The monoisotopic (exact) mass is 354 g/mol. The van der Waals surface area contributed by atoms with Crippen LogP contribution in [-0.4, -0.2) is 78.7 Å². The van der Waals surface area contributed by atoms with Crippen molar-refractivity contribution in [2.24, 2.45) is 0 Å². The Morgan fingerprint density at radius 1 is 1.12 bits per heavy atom. The van der Waals surface area contributed by atoms with E-state index in [1.165, 1.54) is 24.0 Å². The number of ether oxygens (including phenoxy) is 3. The molecule has 1 saturated heterocycles. The van der Waals surface area contributed by atoms with Crippen LogP contribution in [0, 0.1) is 0 Å². The Labute approximate surface area is 145 Å². The second kappa shape index (κ2) is 8.32. The topological polar surface area (TPSA) is 109 Å². The largest absolute Gasteiger partial charge is 0.493 e. The molecule has 1 aromatic carbocycles. The molecule has 0 bridgehead atoms. The summed E-state index contributed by atoms with van der Waals surface area (Å²) in [6, 6.07) is 4.76. The Morgan fingerprint density at radius 2 is 1.84 bits per heavy atom. The van der Waals surface area contributed by atoms with Crippen LogP contribution in [0.5, 0.6) is 17.2 Å². The van der Waals surface area contributed by atoms with Crippen LogP contribution < -0.4 is 14.2 Å². The quantitative estimate of drug-likeness (QED) is 0.802. The van der Waals surface area contributed by atoms with Crippen LogP contribution >= 0.6 is 0 Å². The Kier molecular flexibility index (Phi) is 6.15. The number of rotatable bonds is 6. The summed E-state index contributed by atoms with van der Waals surface area (Å²) in [5.41, 5.74) is 0. The smallest absolute Gasteiger partial charge is 0.407 e. The molecule has 0 saturated carbocycles. The lowest BCUT2D eigenvalue weighted by Gasteiger charge is -2.38. The molecule has 0 aliphatic carbocycles. The molecule has 1 aromatic rings. The average Bonchev–Trinajstić information content (AvgIpc) is 2.60. The van der Waals surface area contributed by atoms with E-state index in [2.05, 4.69) is 0 Å². The number of carboxylic acid groups (broad SMARTS) is 2. The molecule has 1 aliphatic rings. The van der Waals surface area contributed by atoms with Crippen molar-refractivity contribution in [1.82, 2.24) is 9.80 Å². The van der Waals surface area contributed by atoms with Gasteiger partial charge in [0.25, 0.3) is 0 Å². The third-order valence-corrected chi connectivity index (χ3v) is 4.07. The number of methoxy groups -OCH3 is 2. The first kappa shape index (κ1) is 18.5. The maximum absolute atomic E-state index is 11.3. The maximum Gasteiger partial charge on any atom is 0.407 e. The van der Waals surface area contributed by atoms with Gasteiger partial charge in [0.15, 0.2) is 11.5 Å². The van der Waals surface area contributed by atoms with Gasteiger partial charge in [0.05, 0.1) is 26.9 Å². The summed E-state index contributed by atoms with van der Waals surface area (Å²) in [4.78, 5) is 24.9. The molecule has 1 fully saturated rings. The molecule has 2 rings (SSSR count). The third-order valence-electron chi connectivity index (χ3n) is 4.07. The Balaban J connectivity index is 2.01. The van der Waals surface area contributed by atoms with Gasteiger partial charge in [-0.15, -0.1) is 0 Å². The molecule has 138 valence electrons. The van der Waals surface area contributed by atoms with Crippen LogP contribution in [0.4, 0.5) is 9.59 Å². The van der Waals surface area contributed by atoms with E-state index in [1.54, 1.807) is 18.2 Å². The molecule has 9 heteroatoms. The number of carbonyl (C=O) groups is 2. The van der Waals surface area contributed by atoms with Crippen molar-refractivity contribution in [3.05, 3.63) is 18.2 Å². The summed E-state index contributed by atoms with van der Waals surface area (Å²) in [6.45, 7) is 0.656. The van der Waals surface area contributed by atoms with Gasteiger partial charge in [0.1, 0.15) is 0 Å². The molecule has 0 unspecified atom stereocenters. The van der Waals surface area contributed by atoms with E-state index >= 15 is 0 Å². The Morgan fingerprint density at radius 3 is 2.44 bits per heavy atom. The standard InChI is InChI=1S/C16H22N2O7/c1-23-12-4-3-5-13(14(12)24-2)25-9-6-11-10-17(15(19)20)7-8-18(11)16(21)22/h3-5,11H,6-10H2,1-2H3,(H,19,20)(H,21,22)/t11-/m1/s1. The third kappa shape index (κ3) is 4.37. The summed E-state index contributed by atoms with van der Waals surface area (Å²) in [5, 5.41) is 18.4. The van der Waals surface area contributed by atoms with E-state index in [9.17, 15) is 14.7 Å². The molecule has 1 aliphatic heterocycles. The van der Waals surface area contributed by atoms with Crippen molar-refractivity contribution in [1.29, 1.82) is 0 Å². The van der Waals surface area contributed by atoms with E-state index in [0.717, 1.165) is 0 Å². The summed E-state index contributed by atoms with van der Waals surface area (Å²) < 4.78 is 16.2. The Bertz CT molecular complexity index is 623. The van der Waals surface area contributed by atoms with Crippen molar-refractivity contribution < 1.29 is 34.0 Å². The lowest BCUT2D eigenvalue weighted by Crippen LogP contribution is -2.56. The molecular formula is C16H22N2O7. The fraction of sp³-hybridized carbons (Fsp3) is 0.500. The van der Waals surface area contributed by atoms with Gasteiger partial charge in [-0.25, -0.2) is 9.59 Å². The van der Waals surface area contributed by atoms with Crippen molar-refractivity contribution in [3.63, 3.8) is 0 Å². The van der Waals surface area contributed by atoms with E-state index in [-0.39, 0.29) is 26.2 Å². The Hall–Kier alpha value is -2.84. The molecule has 2 N–H and O–H groups in total.